The molecule has 0 bridgehead atoms. The first-order valence-corrected chi connectivity index (χ1v) is 14.8. The van der Waals surface area contributed by atoms with Crippen LogP contribution in [0.2, 0.25) is 0 Å². The Morgan fingerprint density at radius 2 is 1.89 bits per heavy atom. The molecule has 10 nitrogen and oxygen atoms in total. The molecule has 1 N–H and O–H groups in total. The number of urea groups is 1. The molecule has 4 aromatic rings. The van der Waals surface area contributed by atoms with Gasteiger partial charge in [0.1, 0.15) is 12.1 Å². The van der Waals surface area contributed by atoms with Gasteiger partial charge in [0, 0.05) is 37.1 Å². The highest BCUT2D eigenvalue weighted by Crippen LogP contribution is 2.36. The summed E-state index contributed by atoms with van der Waals surface area (Å²) in [5, 5.41) is 7.47. The summed E-state index contributed by atoms with van der Waals surface area (Å²) in [7, 11) is 3.84. The van der Waals surface area contributed by atoms with Crippen LogP contribution in [-0.2, 0) is 4.79 Å². The van der Waals surface area contributed by atoms with E-state index < -0.39 is 12.4 Å². The van der Waals surface area contributed by atoms with Gasteiger partial charge in [0.25, 0.3) is 0 Å². The summed E-state index contributed by atoms with van der Waals surface area (Å²) in [6.45, 7) is 5.88. The second-order valence-corrected chi connectivity index (χ2v) is 11.7. The number of rotatable bonds is 7. The lowest BCUT2D eigenvalue weighted by atomic mass is 9.99. The van der Waals surface area contributed by atoms with Gasteiger partial charge in [-0.05, 0) is 66.4 Å². The van der Waals surface area contributed by atoms with Crippen molar-refractivity contribution in [3.05, 3.63) is 78.1 Å². The minimum absolute atomic E-state index is 0.139. The van der Waals surface area contributed by atoms with Crippen molar-refractivity contribution in [1.29, 1.82) is 0 Å². The molecule has 0 saturated carbocycles. The number of nitrogens with one attached hydrogen (secondary N) is 1. The van der Waals surface area contributed by atoms with Gasteiger partial charge in [0.15, 0.2) is 11.0 Å². The van der Waals surface area contributed by atoms with E-state index in [1.54, 1.807) is 31.2 Å². The van der Waals surface area contributed by atoms with Crippen LogP contribution >= 0.6 is 11.8 Å². The number of nitrogens with zero attached hydrogens (tertiary/aromatic N) is 6. The molecule has 14 heteroatoms. The average molecular weight is 638 g/mol. The molecule has 0 radical (unpaired) electrons. The van der Waals surface area contributed by atoms with E-state index in [2.05, 4.69) is 25.1 Å². The van der Waals surface area contributed by atoms with Crippen LogP contribution in [0.3, 0.4) is 0 Å². The van der Waals surface area contributed by atoms with E-state index in [1.165, 1.54) is 45.9 Å². The van der Waals surface area contributed by atoms with Gasteiger partial charge < -0.3 is 15.0 Å². The number of aliphatic imine (C=N–C) groups is 1. The quantitative estimate of drug-likeness (QED) is 0.233. The molecular formula is C31H30F3N7O3S. The number of alkyl halides is 3. The van der Waals surface area contributed by atoms with Crippen LogP contribution in [-0.4, -0.2) is 58.1 Å². The van der Waals surface area contributed by atoms with E-state index in [4.69, 9.17) is 0 Å². The smallest absolute Gasteiger partial charge is 0.406 e. The first kappa shape index (κ1) is 31.6. The van der Waals surface area contributed by atoms with Crippen molar-refractivity contribution in [3.8, 4) is 22.8 Å². The van der Waals surface area contributed by atoms with E-state index in [1.807, 2.05) is 51.0 Å². The van der Waals surface area contributed by atoms with Gasteiger partial charge in [-0.1, -0.05) is 37.7 Å². The Labute approximate surface area is 261 Å². The average Bonchev–Trinajstić information content (AvgIpc) is 3.60. The highest BCUT2D eigenvalue weighted by molar-refractivity contribution is 8.15. The van der Waals surface area contributed by atoms with Crippen molar-refractivity contribution in [2.45, 2.75) is 33.1 Å². The van der Waals surface area contributed by atoms with Gasteiger partial charge in [-0.3, -0.25) is 9.69 Å². The maximum absolute atomic E-state index is 13.1. The fourth-order valence-electron chi connectivity index (χ4n) is 4.69. The fourth-order valence-corrected chi connectivity index (χ4v) is 5.55. The molecule has 2 heterocycles. The number of benzene rings is 3. The maximum Gasteiger partial charge on any atom is 0.573 e. The second-order valence-electron chi connectivity index (χ2n) is 10.7. The lowest BCUT2D eigenvalue weighted by Gasteiger charge is -2.24. The second kappa shape index (κ2) is 12.6. The van der Waals surface area contributed by atoms with Crippen molar-refractivity contribution in [2.24, 2.45) is 4.99 Å². The molecule has 1 aliphatic rings. The Morgan fingerprint density at radius 3 is 2.58 bits per heavy atom. The number of aromatic nitrogens is 3. The first-order chi connectivity index (χ1) is 21.3. The standard InChI is InChI=1S/C31H30F3N7O3S/c1-18(2)24-11-10-21(39(4)5)15-26(24)41-27(42)16-45-30(41)37-29(43)36-25-12-9-20(13-19(25)3)28-35-17-40(38-28)22-7-6-8-23(14-22)44-31(32,33)34/h6-15,17-18H,16H2,1-5H3,(H,36,43). The number of thioether (sulfide) groups is 1. The van der Waals surface area contributed by atoms with Crippen LogP contribution in [0.25, 0.3) is 17.1 Å². The molecule has 5 rings (SSSR count). The van der Waals surface area contributed by atoms with Crippen LogP contribution in [0.5, 0.6) is 5.75 Å². The Hall–Kier alpha value is -4.85. The van der Waals surface area contributed by atoms with E-state index in [-0.39, 0.29) is 23.3 Å². The first-order valence-electron chi connectivity index (χ1n) is 13.8. The van der Waals surface area contributed by atoms with Gasteiger partial charge >= 0.3 is 12.4 Å². The zero-order chi connectivity index (χ0) is 32.5. The largest absolute Gasteiger partial charge is 0.573 e. The lowest BCUT2D eigenvalue weighted by molar-refractivity contribution is -0.274. The Balaban J connectivity index is 1.34. The van der Waals surface area contributed by atoms with E-state index in [0.29, 0.717) is 39.2 Å². The van der Waals surface area contributed by atoms with Gasteiger partial charge in [0.05, 0.1) is 17.1 Å². The summed E-state index contributed by atoms with van der Waals surface area (Å²) in [5.41, 5.74) is 4.75. The van der Waals surface area contributed by atoms with Gasteiger partial charge in [-0.25, -0.2) is 14.5 Å². The predicted octanol–water partition coefficient (Wildman–Crippen LogP) is 7.00. The van der Waals surface area contributed by atoms with Crippen LogP contribution in [0, 0.1) is 6.92 Å². The molecule has 0 atom stereocenters. The minimum Gasteiger partial charge on any atom is -0.406 e. The Morgan fingerprint density at radius 1 is 1.11 bits per heavy atom. The van der Waals surface area contributed by atoms with Crippen LogP contribution in [0.1, 0.15) is 30.9 Å². The molecule has 234 valence electrons. The lowest BCUT2D eigenvalue weighted by Crippen LogP contribution is -2.31. The normalized spacial score (nSPS) is 14.4. The summed E-state index contributed by atoms with van der Waals surface area (Å²) in [6.07, 6.45) is -3.43. The number of hydrogen-bond acceptors (Lipinski definition) is 7. The molecule has 3 aromatic carbocycles. The third-order valence-electron chi connectivity index (χ3n) is 6.89. The molecule has 0 spiro atoms. The van der Waals surface area contributed by atoms with E-state index in [9.17, 15) is 22.8 Å². The van der Waals surface area contributed by atoms with E-state index >= 15 is 0 Å². The molecule has 1 fully saturated rings. The van der Waals surface area contributed by atoms with Gasteiger partial charge in [-0.2, -0.15) is 4.99 Å². The number of ether oxygens (including phenoxy) is 1. The Kier molecular flexibility index (Phi) is 8.87. The third-order valence-corrected chi connectivity index (χ3v) is 7.81. The zero-order valence-electron chi connectivity index (χ0n) is 25.1. The molecule has 1 aromatic heterocycles. The molecule has 0 unspecified atom stereocenters. The molecule has 3 amide bonds. The number of anilines is 3. The topological polar surface area (TPSA) is 105 Å². The number of amides is 3. The number of carbonyl (C=O) groups excluding carboxylic acids is 2. The fraction of sp³-hybridized carbons (Fsp3) is 0.258. The highest BCUT2D eigenvalue weighted by Gasteiger charge is 2.33. The van der Waals surface area contributed by atoms with E-state index in [0.717, 1.165) is 11.3 Å². The zero-order valence-corrected chi connectivity index (χ0v) is 25.9. The Bertz CT molecular complexity index is 1790. The third kappa shape index (κ3) is 7.28. The van der Waals surface area contributed by atoms with Crippen LogP contribution in [0.15, 0.2) is 72.0 Å². The van der Waals surface area contributed by atoms with Gasteiger partial charge in [-0.15, -0.1) is 18.3 Å². The monoisotopic (exact) mass is 637 g/mol. The molecule has 0 aliphatic carbocycles. The number of carbonyl (C=O) groups is 2. The molecule has 1 aliphatic heterocycles. The minimum atomic E-state index is -4.81. The number of hydrogen-bond donors (Lipinski definition) is 1. The van der Waals surface area contributed by atoms with Crippen molar-refractivity contribution < 1.29 is 27.5 Å². The summed E-state index contributed by atoms with van der Waals surface area (Å²) in [5.74, 6) is 0.109. The summed E-state index contributed by atoms with van der Waals surface area (Å²) >= 11 is 1.20. The van der Waals surface area contributed by atoms with Crippen molar-refractivity contribution >= 4 is 45.9 Å². The summed E-state index contributed by atoms with van der Waals surface area (Å²) in [4.78, 5) is 38.0. The summed E-state index contributed by atoms with van der Waals surface area (Å²) < 4.78 is 43.2. The number of halogens is 3. The highest BCUT2D eigenvalue weighted by atomic mass is 32.2. The van der Waals surface area contributed by atoms with Crippen molar-refractivity contribution in [1.82, 2.24) is 14.8 Å². The SMILES string of the molecule is Cc1cc(-c2ncn(-c3cccc(OC(F)(F)F)c3)n2)ccc1NC(=O)N=C1SCC(=O)N1c1cc(N(C)C)ccc1C(C)C. The maximum atomic E-state index is 13.1. The van der Waals surface area contributed by atoms with Crippen LogP contribution < -0.4 is 19.9 Å². The number of amidine groups is 1. The van der Waals surface area contributed by atoms with Crippen molar-refractivity contribution in [2.75, 3.05) is 35.0 Å². The van der Waals surface area contributed by atoms with Crippen molar-refractivity contribution in [3.63, 3.8) is 0 Å². The molecular weight excluding hydrogens is 607 g/mol. The molecule has 1 saturated heterocycles. The molecule has 45 heavy (non-hydrogen) atoms. The summed E-state index contributed by atoms with van der Waals surface area (Å²) in [6, 6.07) is 15.8. The predicted molar refractivity (Wildman–Crippen MR) is 169 cm³/mol. The van der Waals surface area contributed by atoms with Gasteiger partial charge in [0.2, 0.25) is 5.91 Å². The number of aryl methyl sites for hydroxylation is 1. The van der Waals surface area contributed by atoms with Crippen LogP contribution in [0.4, 0.5) is 35.0 Å².